The maximum Gasteiger partial charge on any atom is 0.327 e. The lowest BCUT2D eigenvalue weighted by molar-refractivity contribution is -0.131. The van der Waals surface area contributed by atoms with Crippen molar-refractivity contribution in [3.8, 4) is 0 Å². The van der Waals surface area contributed by atoms with Gasteiger partial charge in [-0.1, -0.05) is 33.3 Å². The highest BCUT2D eigenvalue weighted by Gasteiger charge is 1.73. The smallest absolute Gasteiger partial charge is 0.327 e. The van der Waals surface area contributed by atoms with Gasteiger partial charge in [0.1, 0.15) is 0 Å². The van der Waals surface area contributed by atoms with Gasteiger partial charge in [-0.25, -0.2) is 4.79 Å². The molecule has 1 N–H and O–H groups in total. The van der Waals surface area contributed by atoms with Gasteiger partial charge in [0.05, 0.1) is 0 Å². The van der Waals surface area contributed by atoms with Gasteiger partial charge in [0.25, 0.3) is 0 Å². The van der Waals surface area contributed by atoms with E-state index < -0.39 is 5.97 Å². The number of rotatable bonds is 2. The molecule has 0 atom stereocenters. The Morgan fingerprint density at radius 3 is 1.70 bits per heavy atom. The average Bonchev–Trinajstić information content (AvgIpc) is 1.89. The van der Waals surface area contributed by atoms with E-state index in [1.807, 2.05) is 0 Å². The van der Waals surface area contributed by atoms with Gasteiger partial charge in [-0.3, -0.25) is 0 Å². The summed E-state index contributed by atoms with van der Waals surface area (Å²) >= 11 is 0. The molecule has 3 radical (unpaired) electrons. The molecule has 10 heavy (non-hydrogen) atoms. The van der Waals surface area contributed by atoms with Gasteiger partial charge < -0.3 is 5.11 Å². The van der Waals surface area contributed by atoms with E-state index in [4.69, 9.17) is 5.11 Å². The molecule has 0 saturated heterocycles. The van der Waals surface area contributed by atoms with Gasteiger partial charge >= 0.3 is 5.97 Å². The minimum Gasteiger partial charge on any atom is -0.478 e. The Morgan fingerprint density at radius 1 is 1.50 bits per heavy atom. The van der Waals surface area contributed by atoms with Gasteiger partial charge in [0.15, 0.2) is 0 Å². The zero-order chi connectivity index (χ0) is 7.70. The fourth-order valence-electron chi connectivity index (χ4n) is 0. The van der Waals surface area contributed by atoms with Crippen LogP contribution in [0.5, 0.6) is 0 Å². The summed E-state index contributed by atoms with van der Waals surface area (Å²) in [7, 11) is 0. The lowest BCUT2D eigenvalue weighted by Crippen LogP contribution is -1.82. The van der Waals surface area contributed by atoms with Crippen LogP contribution < -0.4 is 0 Å². The maximum atomic E-state index is 9.25. The van der Waals surface area contributed by atoms with E-state index in [0.29, 0.717) is 0 Å². The van der Waals surface area contributed by atoms with Gasteiger partial charge in [-0.05, 0) is 0 Å². The maximum absolute atomic E-state index is 9.25. The molecular formula is C7H14BO2. The van der Waals surface area contributed by atoms with Crippen molar-refractivity contribution in [1.29, 1.82) is 0 Å². The molecule has 0 aliphatic carbocycles. The third-order valence-corrected chi connectivity index (χ3v) is 0.675. The van der Waals surface area contributed by atoms with Crippen LogP contribution in [0.3, 0.4) is 0 Å². The molecule has 0 heterocycles. The Hall–Kier alpha value is -0.725. The van der Waals surface area contributed by atoms with Gasteiger partial charge in [0.2, 0.25) is 0 Å². The summed E-state index contributed by atoms with van der Waals surface area (Å²) in [4.78, 5) is 9.25. The molecule has 0 aliphatic heterocycles. The SMILES string of the molecule is C=CC(=O)O.CCCC.[B]. The molecule has 0 fully saturated rings. The minimum absolute atomic E-state index is 0. The highest BCUT2D eigenvalue weighted by Crippen LogP contribution is 1.76. The molecule has 57 valence electrons. The van der Waals surface area contributed by atoms with Crippen molar-refractivity contribution in [1.82, 2.24) is 0 Å². The van der Waals surface area contributed by atoms with Crippen LogP contribution >= 0.6 is 0 Å². The van der Waals surface area contributed by atoms with Crippen molar-refractivity contribution in [2.24, 2.45) is 0 Å². The van der Waals surface area contributed by atoms with E-state index >= 15 is 0 Å². The standard InChI is InChI=1S/C4H10.C3H4O2.B/c1-3-4-2;1-2-3(4)5;/h3-4H2,1-2H3;2H,1H2,(H,4,5);. The first-order chi connectivity index (χ1) is 4.18. The second kappa shape index (κ2) is 15.7. The molecular weight excluding hydrogens is 127 g/mol. The normalized spacial score (nSPS) is 6.20. The molecule has 3 heteroatoms. The third-order valence-electron chi connectivity index (χ3n) is 0.675. The van der Waals surface area contributed by atoms with Crippen LogP contribution in [0.15, 0.2) is 12.7 Å². The van der Waals surface area contributed by atoms with E-state index in [1.54, 1.807) is 0 Å². The predicted molar refractivity (Wildman–Crippen MR) is 44.2 cm³/mol. The number of aliphatic carboxylic acids is 1. The molecule has 0 bridgehead atoms. The lowest BCUT2D eigenvalue weighted by Gasteiger charge is -1.68. The van der Waals surface area contributed by atoms with Crippen LogP contribution in [0.4, 0.5) is 0 Å². The van der Waals surface area contributed by atoms with Gasteiger partial charge in [0, 0.05) is 14.5 Å². The summed E-state index contributed by atoms with van der Waals surface area (Å²) in [6, 6.07) is 0. The van der Waals surface area contributed by atoms with Crippen LogP contribution in [0.2, 0.25) is 0 Å². The van der Waals surface area contributed by atoms with Crippen LogP contribution in [0.1, 0.15) is 26.7 Å². The molecule has 2 nitrogen and oxygen atoms in total. The topological polar surface area (TPSA) is 37.3 Å². The highest BCUT2D eigenvalue weighted by atomic mass is 16.4. The zero-order valence-electron chi connectivity index (χ0n) is 6.63. The summed E-state index contributed by atoms with van der Waals surface area (Å²) in [6.45, 7) is 7.32. The van der Waals surface area contributed by atoms with Crippen molar-refractivity contribution in [3.05, 3.63) is 12.7 Å². The molecule has 0 amide bonds. The first-order valence-corrected chi connectivity index (χ1v) is 3.04. The number of unbranched alkanes of at least 4 members (excludes halogenated alkanes) is 1. The van der Waals surface area contributed by atoms with Gasteiger partial charge in [-0.2, -0.15) is 0 Å². The molecule has 0 saturated carbocycles. The Bertz CT molecular complexity index is 79.7. The number of hydrogen-bond donors (Lipinski definition) is 1. The summed E-state index contributed by atoms with van der Waals surface area (Å²) in [5.41, 5.74) is 0. The average molecular weight is 141 g/mol. The van der Waals surface area contributed by atoms with Crippen molar-refractivity contribution in [3.63, 3.8) is 0 Å². The summed E-state index contributed by atoms with van der Waals surface area (Å²) < 4.78 is 0. The zero-order valence-corrected chi connectivity index (χ0v) is 6.63. The summed E-state index contributed by atoms with van der Waals surface area (Å²) in [5, 5.41) is 7.60. The second-order valence-electron chi connectivity index (χ2n) is 1.54. The predicted octanol–water partition coefficient (Wildman–Crippen LogP) is 1.68. The molecule has 0 rings (SSSR count). The Labute approximate surface area is 64.5 Å². The lowest BCUT2D eigenvalue weighted by atomic mass is 10.4. The van der Waals surface area contributed by atoms with Crippen molar-refractivity contribution in [2.75, 3.05) is 0 Å². The second-order valence-corrected chi connectivity index (χ2v) is 1.54. The number of carboxylic acid groups (broad SMARTS) is 1. The first-order valence-electron chi connectivity index (χ1n) is 3.04. The highest BCUT2D eigenvalue weighted by molar-refractivity contribution is 5.78. The number of carbonyl (C=O) groups is 1. The van der Waals surface area contributed by atoms with Crippen molar-refractivity contribution < 1.29 is 9.90 Å². The molecule has 0 aliphatic rings. The monoisotopic (exact) mass is 141 g/mol. The van der Waals surface area contributed by atoms with Crippen LogP contribution in [0.25, 0.3) is 0 Å². The number of hydrogen-bond acceptors (Lipinski definition) is 1. The summed E-state index contributed by atoms with van der Waals surface area (Å²) in [6.07, 6.45) is 3.47. The Kier molecular flexibility index (Phi) is 25.4. The molecule has 0 spiro atoms. The Morgan fingerprint density at radius 2 is 1.70 bits per heavy atom. The Balaban J connectivity index is -0.0000000910. The molecule has 0 unspecified atom stereocenters. The van der Waals surface area contributed by atoms with Crippen LogP contribution in [-0.4, -0.2) is 19.5 Å². The quantitative estimate of drug-likeness (QED) is 0.469. The van der Waals surface area contributed by atoms with Gasteiger partial charge in [-0.15, -0.1) is 0 Å². The van der Waals surface area contributed by atoms with Crippen molar-refractivity contribution in [2.45, 2.75) is 26.7 Å². The van der Waals surface area contributed by atoms with E-state index in [9.17, 15) is 4.79 Å². The summed E-state index contributed by atoms with van der Waals surface area (Å²) in [5.74, 6) is -0.981. The first kappa shape index (κ1) is 16.1. The van der Waals surface area contributed by atoms with E-state index in [1.165, 1.54) is 12.8 Å². The fraction of sp³-hybridized carbons (Fsp3) is 0.571. The fourth-order valence-corrected chi connectivity index (χ4v) is 0. The molecule has 0 aromatic heterocycles. The largest absolute Gasteiger partial charge is 0.478 e. The third kappa shape index (κ3) is 55.3. The van der Waals surface area contributed by atoms with Crippen molar-refractivity contribution >= 4 is 14.4 Å². The number of carboxylic acids is 1. The minimum atomic E-state index is -0.981. The van der Waals surface area contributed by atoms with E-state index in [2.05, 4.69) is 20.4 Å². The van der Waals surface area contributed by atoms with Crippen LogP contribution in [0, 0.1) is 0 Å². The van der Waals surface area contributed by atoms with E-state index in [-0.39, 0.29) is 8.41 Å². The molecule has 0 aromatic carbocycles. The molecule has 0 aromatic rings. The van der Waals surface area contributed by atoms with E-state index in [0.717, 1.165) is 6.08 Å². The van der Waals surface area contributed by atoms with Crippen LogP contribution in [-0.2, 0) is 4.79 Å².